The third kappa shape index (κ3) is 3.77. The summed E-state index contributed by atoms with van der Waals surface area (Å²) in [6.07, 6.45) is 6.10. The van der Waals surface area contributed by atoms with E-state index in [2.05, 4.69) is 47.6 Å². The molecule has 0 amide bonds. The van der Waals surface area contributed by atoms with Crippen LogP contribution in [-0.4, -0.2) is 11.5 Å². The zero-order valence-electron chi connectivity index (χ0n) is 16.4. The predicted molar refractivity (Wildman–Crippen MR) is 104 cm³/mol. The van der Waals surface area contributed by atoms with Crippen LogP contribution in [0.25, 0.3) is 0 Å². The molecule has 1 fully saturated rings. The quantitative estimate of drug-likeness (QED) is 0.794. The number of nitrogens with one attached hydrogen (secondary N) is 1. The van der Waals surface area contributed by atoms with Crippen molar-refractivity contribution in [2.45, 2.75) is 70.6 Å². The van der Waals surface area contributed by atoms with Crippen LogP contribution in [-0.2, 0) is 10.8 Å². The molecule has 0 unspecified atom stereocenters. The highest BCUT2D eigenvalue weighted by atomic mass is 16.4. The van der Waals surface area contributed by atoms with Gasteiger partial charge in [-0.25, -0.2) is 0 Å². The largest absolute Gasteiger partial charge is 0.423 e. The normalized spacial score (nSPS) is 16.9. The van der Waals surface area contributed by atoms with Crippen LogP contribution in [0.2, 0.25) is 0 Å². The Morgan fingerprint density at radius 1 is 1.15 bits per heavy atom. The number of anilines is 1. The number of benzene rings is 1. The maximum atomic E-state index is 9.43. The maximum absolute atomic E-state index is 9.43. The van der Waals surface area contributed by atoms with Gasteiger partial charge in [0.1, 0.15) is 6.07 Å². The summed E-state index contributed by atoms with van der Waals surface area (Å²) >= 11 is 0. The molecule has 0 aliphatic heterocycles. The van der Waals surface area contributed by atoms with Crippen molar-refractivity contribution in [2.75, 3.05) is 11.9 Å². The van der Waals surface area contributed by atoms with Gasteiger partial charge in [-0.1, -0.05) is 69.9 Å². The summed E-state index contributed by atoms with van der Waals surface area (Å²) in [5, 5.41) is 12.9. The Hall–Kier alpha value is -2.28. The molecule has 1 heterocycles. The van der Waals surface area contributed by atoms with Crippen LogP contribution >= 0.6 is 0 Å². The lowest BCUT2D eigenvalue weighted by atomic mass is 9.69. The van der Waals surface area contributed by atoms with Crippen LogP contribution in [0.3, 0.4) is 0 Å². The molecule has 1 aliphatic carbocycles. The third-order valence-corrected chi connectivity index (χ3v) is 5.44. The van der Waals surface area contributed by atoms with Crippen LogP contribution in [0.4, 0.5) is 5.88 Å². The Labute approximate surface area is 156 Å². The summed E-state index contributed by atoms with van der Waals surface area (Å²) < 4.78 is 5.92. The zero-order valence-corrected chi connectivity index (χ0v) is 16.4. The van der Waals surface area contributed by atoms with Gasteiger partial charge >= 0.3 is 0 Å². The van der Waals surface area contributed by atoms with Gasteiger partial charge < -0.3 is 9.73 Å². The van der Waals surface area contributed by atoms with Gasteiger partial charge in [0.15, 0.2) is 0 Å². The molecule has 4 heteroatoms. The average Bonchev–Trinajstić information content (AvgIpc) is 3.05. The molecule has 0 spiro atoms. The highest BCUT2D eigenvalue weighted by molar-refractivity contribution is 5.47. The smallest absolute Gasteiger partial charge is 0.232 e. The maximum Gasteiger partial charge on any atom is 0.232 e. The molecular weight excluding hydrogens is 322 g/mol. The molecule has 1 aromatic carbocycles. The fraction of sp³-hybridized carbons (Fsp3) is 0.545. The first kappa shape index (κ1) is 18.5. The Bertz CT molecular complexity index is 784. The van der Waals surface area contributed by atoms with E-state index in [4.69, 9.17) is 4.42 Å². The third-order valence-electron chi connectivity index (χ3n) is 5.44. The molecule has 0 saturated heterocycles. The molecule has 26 heavy (non-hydrogen) atoms. The van der Waals surface area contributed by atoms with Crippen molar-refractivity contribution in [3.8, 4) is 6.07 Å². The number of aromatic nitrogens is 1. The minimum atomic E-state index is -0.217. The molecule has 3 rings (SSSR count). The zero-order chi connectivity index (χ0) is 18.8. The van der Waals surface area contributed by atoms with Gasteiger partial charge in [-0.3, -0.25) is 0 Å². The highest BCUT2D eigenvalue weighted by Gasteiger charge is 2.34. The predicted octanol–water partition coefficient (Wildman–Crippen LogP) is 5.47. The molecule has 2 aromatic rings. The lowest BCUT2D eigenvalue weighted by Gasteiger charge is -2.38. The molecular formula is C22H29N3O. The van der Waals surface area contributed by atoms with Crippen LogP contribution in [0, 0.1) is 18.3 Å². The van der Waals surface area contributed by atoms with Gasteiger partial charge in [0.25, 0.3) is 0 Å². The minimum absolute atomic E-state index is 0.0906. The number of nitrogens with zero attached hydrogens (tertiary/aromatic N) is 2. The van der Waals surface area contributed by atoms with Crippen LogP contribution in [0.5, 0.6) is 0 Å². The van der Waals surface area contributed by atoms with E-state index < -0.39 is 0 Å². The molecule has 0 radical (unpaired) electrons. The summed E-state index contributed by atoms with van der Waals surface area (Å²) in [5.74, 6) is 1.11. The number of oxazole rings is 1. The summed E-state index contributed by atoms with van der Waals surface area (Å²) in [6.45, 7) is 9.01. The monoisotopic (exact) mass is 351 g/mol. The summed E-state index contributed by atoms with van der Waals surface area (Å²) in [5.41, 5.74) is 2.89. The summed E-state index contributed by atoms with van der Waals surface area (Å²) in [7, 11) is 0. The van der Waals surface area contributed by atoms with Crippen molar-refractivity contribution >= 4 is 5.88 Å². The summed E-state index contributed by atoms with van der Waals surface area (Å²) in [4.78, 5) is 4.38. The minimum Gasteiger partial charge on any atom is -0.423 e. The number of aryl methyl sites for hydroxylation is 1. The molecule has 0 bridgehead atoms. The van der Waals surface area contributed by atoms with E-state index in [1.165, 1.54) is 30.4 Å². The van der Waals surface area contributed by atoms with Crippen LogP contribution < -0.4 is 5.32 Å². The Balaban J connectivity index is 1.86. The standard InChI is InChI=1S/C22H29N3O/c1-16-8-10-17(11-9-16)22(12-6-5-7-13-22)15-24-19-18(14-23)25-20(26-19)21(2,3)4/h8-11,24H,5-7,12-13,15H2,1-4H3. The molecule has 1 aromatic heterocycles. The van der Waals surface area contributed by atoms with Crippen molar-refractivity contribution in [1.29, 1.82) is 5.26 Å². The number of hydrogen-bond acceptors (Lipinski definition) is 4. The lowest BCUT2D eigenvalue weighted by Crippen LogP contribution is -2.36. The van der Waals surface area contributed by atoms with Gasteiger partial charge in [-0.2, -0.15) is 10.2 Å². The fourth-order valence-electron chi connectivity index (χ4n) is 3.79. The van der Waals surface area contributed by atoms with Crippen molar-refractivity contribution in [3.05, 3.63) is 47.0 Å². The van der Waals surface area contributed by atoms with E-state index in [0.29, 0.717) is 17.5 Å². The topological polar surface area (TPSA) is 61.9 Å². The number of nitriles is 1. The fourth-order valence-corrected chi connectivity index (χ4v) is 3.79. The van der Waals surface area contributed by atoms with E-state index in [1.54, 1.807) is 0 Å². The van der Waals surface area contributed by atoms with Gasteiger partial charge in [-0.05, 0) is 25.3 Å². The summed E-state index contributed by atoms with van der Waals surface area (Å²) in [6, 6.07) is 11.1. The van der Waals surface area contributed by atoms with E-state index in [9.17, 15) is 5.26 Å². The SMILES string of the molecule is Cc1ccc(C2(CNc3oc(C(C)(C)C)nc3C#N)CCCCC2)cc1. The molecule has 138 valence electrons. The van der Waals surface area contributed by atoms with Crippen molar-refractivity contribution in [3.63, 3.8) is 0 Å². The second kappa shape index (κ2) is 7.15. The van der Waals surface area contributed by atoms with Crippen molar-refractivity contribution < 1.29 is 4.42 Å². The first-order valence-corrected chi connectivity index (χ1v) is 9.56. The number of hydrogen-bond donors (Lipinski definition) is 1. The van der Waals surface area contributed by atoms with Crippen molar-refractivity contribution in [1.82, 2.24) is 4.98 Å². The first-order valence-electron chi connectivity index (χ1n) is 9.56. The lowest BCUT2D eigenvalue weighted by molar-refractivity contribution is 0.305. The van der Waals surface area contributed by atoms with E-state index in [0.717, 1.165) is 19.4 Å². The second-order valence-electron chi connectivity index (χ2n) is 8.62. The van der Waals surface area contributed by atoms with Crippen molar-refractivity contribution in [2.24, 2.45) is 0 Å². The Morgan fingerprint density at radius 2 is 1.81 bits per heavy atom. The van der Waals surface area contributed by atoms with E-state index in [-0.39, 0.29) is 10.8 Å². The number of rotatable bonds is 4. The van der Waals surface area contributed by atoms with Crippen LogP contribution in [0.1, 0.15) is 75.6 Å². The molecule has 1 N–H and O–H groups in total. The molecule has 1 saturated carbocycles. The molecule has 4 nitrogen and oxygen atoms in total. The van der Waals surface area contributed by atoms with Gasteiger partial charge in [-0.15, -0.1) is 0 Å². The molecule has 0 atom stereocenters. The van der Waals surface area contributed by atoms with Crippen LogP contribution in [0.15, 0.2) is 28.7 Å². The second-order valence-corrected chi connectivity index (χ2v) is 8.62. The molecule has 1 aliphatic rings. The highest BCUT2D eigenvalue weighted by Crippen LogP contribution is 2.40. The Kier molecular flexibility index (Phi) is 5.09. The van der Waals surface area contributed by atoms with Gasteiger partial charge in [0.2, 0.25) is 17.5 Å². The average molecular weight is 351 g/mol. The van der Waals surface area contributed by atoms with E-state index >= 15 is 0 Å². The Morgan fingerprint density at radius 3 is 2.38 bits per heavy atom. The first-order chi connectivity index (χ1) is 12.3. The van der Waals surface area contributed by atoms with Gasteiger partial charge in [0, 0.05) is 17.4 Å². The van der Waals surface area contributed by atoms with E-state index in [1.807, 2.05) is 20.8 Å². The van der Waals surface area contributed by atoms with Gasteiger partial charge in [0.05, 0.1) is 0 Å².